The van der Waals surface area contributed by atoms with Crippen LogP contribution in [0.1, 0.15) is 6.92 Å². The Bertz CT molecular complexity index is 311. The van der Waals surface area contributed by atoms with Crippen LogP contribution in [0.25, 0.3) is 0 Å². The summed E-state index contributed by atoms with van der Waals surface area (Å²) in [4.78, 5) is 10.5. The van der Waals surface area contributed by atoms with E-state index in [4.69, 9.17) is 0 Å². The molecular formula is C5H6F3NaO5S. The molecule has 0 fully saturated rings. The van der Waals surface area contributed by atoms with Crippen molar-refractivity contribution in [3.8, 4) is 0 Å². The average Bonchev–Trinajstić information content (AvgIpc) is 1.95. The molecule has 0 aromatic rings. The molecule has 0 bridgehead atoms. The Morgan fingerprint density at radius 3 is 2.13 bits per heavy atom. The van der Waals surface area contributed by atoms with Crippen molar-refractivity contribution in [2.24, 2.45) is 0 Å². The van der Waals surface area contributed by atoms with Crippen molar-refractivity contribution < 1.29 is 65.2 Å². The quantitative estimate of drug-likeness (QED) is 0.306. The molecule has 0 aromatic heterocycles. The Morgan fingerprint density at radius 2 is 1.87 bits per heavy atom. The molecule has 0 aliphatic carbocycles. The van der Waals surface area contributed by atoms with E-state index < -0.39 is 34.1 Å². The number of hydrogen-bond acceptors (Lipinski definition) is 5. The van der Waals surface area contributed by atoms with Crippen molar-refractivity contribution >= 4 is 16.1 Å². The normalized spacial score (nSPS) is 13.9. The Balaban J connectivity index is 0. The van der Waals surface area contributed by atoms with Crippen LogP contribution in [0.4, 0.5) is 13.2 Å². The predicted molar refractivity (Wildman–Crippen MR) is 36.2 cm³/mol. The molecule has 15 heavy (non-hydrogen) atoms. The monoisotopic (exact) mass is 258 g/mol. The summed E-state index contributed by atoms with van der Waals surface area (Å²) in [6.45, 7) is -1.26. The van der Waals surface area contributed by atoms with Gasteiger partial charge in [-0.25, -0.2) is 8.42 Å². The van der Waals surface area contributed by atoms with Crippen molar-refractivity contribution in [1.29, 1.82) is 0 Å². The summed E-state index contributed by atoms with van der Waals surface area (Å²) in [5.74, 6) is -1.71. The first-order valence-corrected chi connectivity index (χ1v) is 4.69. The molecule has 0 aliphatic heterocycles. The van der Waals surface area contributed by atoms with Gasteiger partial charge in [0.05, 0.1) is 0 Å². The first-order valence-electron chi connectivity index (χ1n) is 3.22. The maximum atomic E-state index is 11.5. The third-order valence-electron chi connectivity index (χ3n) is 1.14. The van der Waals surface area contributed by atoms with Crippen molar-refractivity contribution in [3.05, 3.63) is 0 Å². The molecule has 0 radical (unpaired) electrons. The molecule has 0 rings (SSSR count). The van der Waals surface area contributed by atoms with Crippen molar-refractivity contribution in [1.82, 2.24) is 0 Å². The molecular weight excluding hydrogens is 252 g/mol. The Kier molecular flexibility index (Phi) is 7.07. The summed E-state index contributed by atoms with van der Waals surface area (Å²) in [5, 5.41) is -2.13. The van der Waals surface area contributed by atoms with Crippen LogP contribution < -0.4 is 29.6 Å². The van der Waals surface area contributed by atoms with E-state index in [0.717, 1.165) is 0 Å². The fourth-order valence-corrected chi connectivity index (χ4v) is 0.692. The first-order chi connectivity index (χ1) is 6.04. The minimum absolute atomic E-state index is 0. The van der Waals surface area contributed by atoms with Gasteiger partial charge in [0, 0.05) is 0 Å². The van der Waals surface area contributed by atoms with Crippen molar-refractivity contribution in [3.63, 3.8) is 0 Å². The van der Waals surface area contributed by atoms with Crippen LogP contribution >= 0.6 is 0 Å². The predicted octanol–water partition coefficient (Wildman–Crippen LogP) is -2.97. The molecule has 10 heteroatoms. The summed E-state index contributed by atoms with van der Waals surface area (Å²) in [6.07, 6.45) is -4.75. The number of carbonyl (C=O) groups is 1. The van der Waals surface area contributed by atoms with E-state index in [0.29, 0.717) is 6.92 Å². The maximum absolute atomic E-state index is 11.5. The Hall–Kier alpha value is 0.170. The van der Waals surface area contributed by atoms with Crippen LogP contribution in [0.5, 0.6) is 0 Å². The van der Waals surface area contributed by atoms with Gasteiger partial charge in [-0.1, -0.05) is 0 Å². The molecule has 0 heterocycles. The number of rotatable bonds is 3. The molecule has 1 atom stereocenters. The summed E-state index contributed by atoms with van der Waals surface area (Å²) in [5.41, 5.74) is 0. The molecule has 0 saturated carbocycles. The van der Waals surface area contributed by atoms with E-state index >= 15 is 0 Å². The van der Waals surface area contributed by atoms with Gasteiger partial charge in [0.15, 0.2) is 6.61 Å². The van der Waals surface area contributed by atoms with Crippen LogP contribution in [0.15, 0.2) is 0 Å². The van der Waals surface area contributed by atoms with Gasteiger partial charge in [0.2, 0.25) is 0 Å². The van der Waals surface area contributed by atoms with Gasteiger partial charge in [-0.2, -0.15) is 13.2 Å². The molecule has 0 amide bonds. The molecule has 1 unspecified atom stereocenters. The van der Waals surface area contributed by atoms with Gasteiger partial charge in [-0.3, -0.25) is 4.79 Å². The van der Waals surface area contributed by atoms with Crippen molar-refractivity contribution in [2.45, 2.75) is 18.3 Å². The molecule has 5 nitrogen and oxygen atoms in total. The van der Waals surface area contributed by atoms with Crippen LogP contribution in [-0.4, -0.2) is 37.0 Å². The summed E-state index contributed by atoms with van der Waals surface area (Å²) in [7, 11) is -4.96. The van der Waals surface area contributed by atoms with Crippen LogP contribution in [-0.2, 0) is 19.6 Å². The van der Waals surface area contributed by atoms with Crippen LogP contribution in [0, 0.1) is 0 Å². The second-order valence-corrected chi connectivity index (χ2v) is 4.05. The first kappa shape index (κ1) is 17.6. The Morgan fingerprint density at radius 1 is 1.47 bits per heavy atom. The van der Waals surface area contributed by atoms with E-state index in [1.807, 2.05) is 0 Å². The largest absolute Gasteiger partial charge is 1.00 e. The topological polar surface area (TPSA) is 83.5 Å². The molecule has 84 valence electrons. The molecule has 0 aliphatic rings. The third-order valence-corrected chi connectivity index (χ3v) is 2.20. The number of halogens is 3. The van der Waals surface area contributed by atoms with Gasteiger partial charge < -0.3 is 9.29 Å². The van der Waals surface area contributed by atoms with E-state index in [1.54, 1.807) is 0 Å². The second-order valence-electron chi connectivity index (χ2n) is 2.36. The van der Waals surface area contributed by atoms with E-state index in [2.05, 4.69) is 4.74 Å². The maximum Gasteiger partial charge on any atom is 1.00 e. The van der Waals surface area contributed by atoms with E-state index in [-0.39, 0.29) is 29.6 Å². The van der Waals surface area contributed by atoms with Crippen molar-refractivity contribution in [2.75, 3.05) is 6.61 Å². The number of alkyl halides is 3. The minimum Gasteiger partial charge on any atom is -0.747 e. The number of hydrogen-bond donors (Lipinski definition) is 0. The smallest absolute Gasteiger partial charge is 0.747 e. The van der Waals surface area contributed by atoms with Gasteiger partial charge in [-0.15, -0.1) is 0 Å². The number of carbonyl (C=O) groups excluding carboxylic acids is 1. The Labute approximate surface area is 106 Å². The number of ether oxygens (including phenoxy) is 1. The molecule has 0 spiro atoms. The minimum atomic E-state index is -4.96. The van der Waals surface area contributed by atoms with Crippen LogP contribution in [0.2, 0.25) is 0 Å². The van der Waals surface area contributed by atoms with Gasteiger partial charge >= 0.3 is 41.7 Å². The molecule has 0 saturated heterocycles. The molecule has 0 aromatic carbocycles. The fraction of sp³-hybridized carbons (Fsp3) is 0.800. The third kappa shape index (κ3) is 8.03. The average molecular weight is 258 g/mol. The summed E-state index contributed by atoms with van der Waals surface area (Å²) < 4.78 is 68.4. The standard InChI is InChI=1S/C5H7F3O5S.Na/c1-3(14(10,11)12)4(9)13-2-5(6,7)8;/h3H,2H2,1H3,(H,10,11,12);/q;+1/p-1. The SMILES string of the molecule is CC(C(=O)OCC(F)(F)F)S(=O)(=O)[O-].[Na+]. The zero-order chi connectivity index (χ0) is 11.6. The summed E-state index contributed by atoms with van der Waals surface area (Å²) >= 11 is 0. The zero-order valence-electron chi connectivity index (χ0n) is 7.87. The van der Waals surface area contributed by atoms with Gasteiger partial charge in [0.1, 0.15) is 15.4 Å². The van der Waals surface area contributed by atoms with Gasteiger partial charge in [0.25, 0.3) is 0 Å². The summed E-state index contributed by atoms with van der Waals surface area (Å²) in [6, 6.07) is 0. The fourth-order valence-electron chi connectivity index (χ4n) is 0.388. The second kappa shape index (κ2) is 6.04. The van der Waals surface area contributed by atoms with Gasteiger partial charge in [-0.05, 0) is 6.92 Å². The molecule has 0 N–H and O–H groups in total. The van der Waals surface area contributed by atoms with Crippen LogP contribution in [0.3, 0.4) is 0 Å². The van der Waals surface area contributed by atoms with E-state index in [9.17, 15) is 30.9 Å². The van der Waals surface area contributed by atoms with E-state index in [1.165, 1.54) is 0 Å². The number of esters is 1. The zero-order valence-corrected chi connectivity index (χ0v) is 10.7.